The second-order valence-electron chi connectivity index (χ2n) is 13.7. The third-order valence-corrected chi connectivity index (χ3v) is 10.4. The zero-order valence-corrected chi connectivity index (χ0v) is 29.0. The van der Waals surface area contributed by atoms with Gasteiger partial charge in [-0.15, -0.1) is 0 Å². The summed E-state index contributed by atoms with van der Waals surface area (Å²) in [5.41, 5.74) is 9.86. The third-order valence-electron chi connectivity index (χ3n) is 10.4. The van der Waals surface area contributed by atoms with Gasteiger partial charge >= 0.3 is 0 Å². The number of hydrogen-bond donors (Lipinski definition) is 0. The summed E-state index contributed by atoms with van der Waals surface area (Å²) in [6, 6.07) is 63.4. The van der Waals surface area contributed by atoms with Gasteiger partial charge < -0.3 is 8.98 Å². The molecule has 3 aromatic heterocycles. The van der Waals surface area contributed by atoms with Gasteiger partial charge in [0.25, 0.3) is 0 Å². The first-order valence-electron chi connectivity index (χ1n) is 18.1. The molecule has 11 aromatic rings. The molecule has 252 valence electrons. The third kappa shape index (κ3) is 4.90. The first-order valence-corrected chi connectivity index (χ1v) is 18.1. The number of hydrogen-bond acceptors (Lipinski definition) is 4. The summed E-state index contributed by atoms with van der Waals surface area (Å²) in [5, 5.41) is 6.91. The molecule has 3 heterocycles. The smallest absolute Gasteiger partial charge is 0.164 e. The zero-order valence-electron chi connectivity index (χ0n) is 29.0. The van der Waals surface area contributed by atoms with E-state index in [-0.39, 0.29) is 0 Å². The van der Waals surface area contributed by atoms with Gasteiger partial charge in [-0.1, -0.05) is 140 Å². The number of furan rings is 1. The highest BCUT2D eigenvalue weighted by atomic mass is 16.3. The summed E-state index contributed by atoms with van der Waals surface area (Å²) < 4.78 is 9.29. The molecule has 0 atom stereocenters. The van der Waals surface area contributed by atoms with E-state index < -0.39 is 0 Å². The molecule has 11 rings (SSSR count). The predicted octanol–water partition coefficient (Wildman–Crippen LogP) is 12.7. The van der Waals surface area contributed by atoms with Crippen LogP contribution in [0, 0.1) is 0 Å². The van der Waals surface area contributed by atoms with Crippen molar-refractivity contribution in [3.63, 3.8) is 0 Å². The van der Waals surface area contributed by atoms with Gasteiger partial charge in [-0.2, -0.15) is 0 Å². The van der Waals surface area contributed by atoms with Crippen molar-refractivity contribution in [1.82, 2.24) is 19.5 Å². The standard InChI is InChI=1S/C49H30N4O/c1-3-14-32(15-4-1)47-50-48(33-16-5-2-6-17-33)52-49(51-47)36-25-26-40-42-30-37(53-43-21-11-9-19-38(43)39-20-10-12-22-44(39)53)29-41(46(42)54-45(40)28-36)35-24-23-31-13-7-8-18-34(31)27-35/h1-30H. The minimum atomic E-state index is 0.589. The number of rotatable bonds is 5. The van der Waals surface area contributed by atoms with Crippen LogP contribution in [-0.2, 0) is 0 Å². The largest absolute Gasteiger partial charge is 0.455 e. The van der Waals surface area contributed by atoms with Crippen LogP contribution in [0.4, 0.5) is 0 Å². The van der Waals surface area contributed by atoms with Crippen LogP contribution in [0.3, 0.4) is 0 Å². The van der Waals surface area contributed by atoms with Crippen molar-refractivity contribution < 1.29 is 4.42 Å². The lowest BCUT2D eigenvalue weighted by Gasteiger charge is -2.12. The Morgan fingerprint density at radius 2 is 0.926 bits per heavy atom. The second-order valence-corrected chi connectivity index (χ2v) is 13.7. The SMILES string of the molecule is c1ccc(-c2nc(-c3ccccc3)nc(-c3ccc4c(c3)oc3c(-c5ccc6ccccc6c5)cc(-n5c6ccccc6c6ccccc65)cc34)n2)cc1. The number of fused-ring (bicyclic) bond motifs is 7. The Morgan fingerprint density at radius 3 is 1.59 bits per heavy atom. The molecule has 0 aliphatic rings. The highest BCUT2D eigenvalue weighted by Gasteiger charge is 2.20. The van der Waals surface area contributed by atoms with Crippen molar-refractivity contribution >= 4 is 54.5 Å². The van der Waals surface area contributed by atoms with Gasteiger partial charge in [0.15, 0.2) is 17.5 Å². The van der Waals surface area contributed by atoms with E-state index in [1.54, 1.807) is 0 Å². The maximum Gasteiger partial charge on any atom is 0.164 e. The fourth-order valence-electron chi connectivity index (χ4n) is 7.84. The number of benzene rings is 8. The van der Waals surface area contributed by atoms with Gasteiger partial charge in [0.1, 0.15) is 11.2 Å². The molecule has 0 radical (unpaired) electrons. The number of para-hydroxylation sites is 2. The normalized spacial score (nSPS) is 11.7. The van der Waals surface area contributed by atoms with Gasteiger partial charge in [0.2, 0.25) is 0 Å². The lowest BCUT2D eigenvalue weighted by Crippen LogP contribution is -2.00. The van der Waals surface area contributed by atoms with Crippen LogP contribution in [0.5, 0.6) is 0 Å². The average Bonchev–Trinajstić information content (AvgIpc) is 3.79. The van der Waals surface area contributed by atoms with Crippen LogP contribution >= 0.6 is 0 Å². The molecule has 0 fully saturated rings. The summed E-state index contributed by atoms with van der Waals surface area (Å²) in [4.78, 5) is 14.9. The Kier molecular flexibility index (Phi) is 6.79. The predicted molar refractivity (Wildman–Crippen MR) is 221 cm³/mol. The van der Waals surface area contributed by atoms with Crippen molar-refractivity contribution in [3.8, 4) is 51.0 Å². The van der Waals surface area contributed by atoms with E-state index >= 15 is 0 Å². The lowest BCUT2D eigenvalue weighted by atomic mass is 9.98. The van der Waals surface area contributed by atoms with Crippen LogP contribution in [0.2, 0.25) is 0 Å². The van der Waals surface area contributed by atoms with E-state index in [2.05, 4.69) is 126 Å². The Hall–Kier alpha value is -7.37. The fraction of sp³-hybridized carbons (Fsp3) is 0. The van der Waals surface area contributed by atoms with E-state index in [1.165, 1.54) is 21.5 Å². The topological polar surface area (TPSA) is 56.7 Å². The molecular weight excluding hydrogens is 661 g/mol. The molecule has 8 aromatic carbocycles. The van der Waals surface area contributed by atoms with E-state index in [0.29, 0.717) is 17.5 Å². The van der Waals surface area contributed by atoms with Gasteiger partial charge in [-0.05, 0) is 58.8 Å². The minimum Gasteiger partial charge on any atom is -0.455 e. The molecule has 0 unspecified atom stereocenters. The summed E-state index contributed by atoms with van der Waals surface area (Å²) in [7, 11) is 0. The first kappa shape index (κ1) is 30.3. The zero-order chi connectivity index (χ0) is 35.6. The Labute approximate surface area is 310 Å². The summed E-state index contributed by atoms with van der Waals surface area (Å²) in [5.74, 6) is 1.84. The van der Waals surface area contributed by atoms with Crippen LogP contribution in [-0.4, -0.2) is 19.5 Å². The molecule has 0 aliphatic carbocycles. The van der Waals surface area contributed by atoms with Crippen molar-refractivity contribution in [1.29, 1.82) is 0 Å². The monoisotopic (exact) mass is 690 g/mol. The maximum absolute atomic E-state index is 6.91. The van der Waals surface area contributed by atoms with Crippen molar-refractivity contribution in [2.45, 2.75) is 0 Å². The molecule has 0 spiro atoms. The number of nitrogens with zero attached hydrogens (tertiary/aromatic N) is 4. The molecule has 0 saturated heterocycles. The van der Waals surface area contributed by atoms with Crippen LogP contribution in [0.15, 0.2) is 186 Å². The lowest BCUT2D eigenvalue weighted by molar-refractivity contribution is 0.670. The van der Waals surface area contributed by atoms with Gasteiger partial charge in [0.05, 0.1) is 11.0 Å². The molecular formula is C49H30N4O. The van der Waals surface area contributed by atoms with Crippen LogP contribution in [0.1, 0.15) is 0 Å². The Morgan fingerprint density at radius 1 is 0.370 bits per heavy atom. The molecule has 54 heavy (non-hydrogen) atoms. The summed E-state index contributed by atoms with van der Waals surface area (Å²) in [6.07, 6.45) is 0. The van der Waals surface area contributed by atoms with Gasteiger partial charge in [0, 0.05) is 49.5 Å². The fourth-order valence-corrected chi connectivity index (χ4v) is 7.84. The quantitative estimate of drug-likeness (QED) is 0.180. The number of aromatic nitrogens is 4. The van der Waals surface area contributed by atoms with E-state index in [1.807, 2.05) is 60.7 Å². The van der Waals surface area contributed by atoms with E-state index in [9.17, 15) is 0 Å². The molecule has 0 saturated carbocycles. The Bertz CT molecular complexity index is 3110. The summed E-state index contributed by atoms with van der Waals surface area (Å²) >= 11 is 0. The highest BCUT2D eigenvalue weighted by molar-refractivity contribution is 6.13. The molecule has 0 amide bonds. The van der Waals surface area contributed by atoms with E-state index in [4.69, 9.17) is 19.4 Å². The van der Waals surface area contributed by atoms with Crippen LogP contribution in [0.25, 0.3) is 105 Å². The highest BCUT2D eigenvalue weighted by Crippen LogP contribution is 2.42. The molecule has 5 nitrogen and oxygen atoms in total. The molecule has 0 bridgehead atoms. The maximum atomic E-state index is 6.91. The first-order chi connectivity index (χ1) is 26.7. The van der Waals surface area contributed by atoms with E-state index in [0.717, 1.165) is 66.5 Å². The molecule has 0 aliphatic heterocycles. The minimum absolute atomic E-state index is 0.589. The Balaban J connectivity index is 1.16. The van der Waals surface area contributed by atoms with Crippen molar-refractivity contribution in [2.24, 2.45) is 0 Å². The molecule has 0 N–H and O–H groups in total. The average molecular weight is 691 g/mol. The van der Waals surface area contributed by atoms with Crippen molar-refractivity contribution in [2.75, 3.05) is 0 Å². The van der Waals surface area contributed by atoms with Crippen molar-refractivity contribution in [3.05, 3.63) is 182 Å². The molecule has 5 heteroatoms. The summed E-state index contributed by atoms with van der Waals surface area (Å²) in [6.45, 7) is 0. The second kappa shape index (κ2) is 12.1. The van der Waals surface area contributed by atoms with Gasteiger partial charge in [-0.3, -0.25) is 0 Å². The van der Waals surface area contributed by atoms with Gasteiger partial charge in [-0.25, -0.2) is 15.0 Å². The van der Waals surface area contributed by atoms with Crippen LogP contribution < -0.4 is 0 Å².